The molecule has 0 aliphatic carbocycles. The van der Waals surface area contributed by atoms with Crippen molar-refractivity contribution in [2.75, 3.05) is 0 Å². The first-order chi connectivity index (χ1) is 11.9. The monoisotopic (exact) mass is 354 g/mol. The van der Waals surface area contributed by atoms with Crippen LogP contribution in [-0.4, -0.2) is 28.6 Å². The summed E-state index contributed by atoms with van der Waals surface area (Å²) < 4.78 is 0. The second-order valence-corrected chi connectivity index (χ2v) is 7.26. The molecular weight excluding hydrogens is 320 g/mol. The molecule has 0 aromatic carbocycles. The van der Waals surface area contributed by atoms with Crippen LogP contribution in [0.15, 0.2) is 12.2 Å². The fraction of sp³-hybridized carbons (Fsp3) is 0.800. The number of hydrogen-bond donors (Lipinski definition) is 1. The zero-order valence-electron chi connectivity index (χ0n) is 16.1. The molecule has 1 N–H and O–H groups in total. The first kappa shape index (κ1) is 21.8. The molecule has 5 heteroatoms. The lowest BCUT2D eigenvalue weighted by molar-refractivity contribution is -0.423. The van der Waals surface area contributed by atoms with E-state index in [2.05, 4.69) is 20.8 Å². The summed E-state index contributed by atoms with van der Waals surface area (Å²) in [6.07, 6.45) is 9.81. The molecule has 0 saturated carbocycles. The lowest BCUT2D eigenvalue weighted by Crippen LogP contribution is -2.45. The van der Waals surface area contributed by atoms with Crippen molar-refractivity contribution < 1.29 is 24.5 Å². The van der Waals surface area contributed by atoms with Crippen molar-refractivity contribution in [3.8, 4) is 0 Å². The Hall–Kier alpha value is -1.20. The predicted octanol–water partition coefficient (Wildman–Crippen LogP) is 4.70. The third-order valence-electron chi connectivity index (χ3n) is 5.39. The SMILES string of the molecule is CCC(/C=C/C(C)=O)CCC[C@]1(CC)C[C@H](CC)[C@H](CC(=O)O)OO1. The molecule has 1 aliphatic heterocycles. The summed E-state index contributed by atoms with van der Waals surface area (Å²) in [6.45, 7) is 7.88. The second-order valence-electron chi connectivity index (χ2n) is 7.26. The minimum atomic E-state index is -0.848. The minimum absolute atomic E-state index is 0.00789. The first-order valence-corrected chi connectivity index (χ1v) is 9.60. The Morgan fingerprint density at radius 3 is 2.56 bits per heavy atom. The summed E-state index contributed by atoms with van der Waals surface area (Å²) in [5, 5.41) is 9.02. The van der Waals surface area contributed by atoms with E-state index in [1.54, 1.807) is 13.0 Å². The first-order valence-electron chi connectivity index (χ1n) is 9.60. The van der Waals surface area contributed by atoms with Crippen molar-refractivity contribution in [3.63, 3.8) is 0 Å². The van der Waals surface area contributed by atoms with E-state index in [0.717, 1.165) is 44.9 Å². The highest BCUT2D eigenvalue weighted by molar-refractivity contribution is 5.87. The highest BCUT2D eigenvalue weighted by Crippen LogP contribution is 2.40. The van der Waals surface area contributed by atoms with Crippen molar-refractivity contribution in [3.05, 3.63) is 12.2 Å². The minimum Gasteiger partial charge on any atom is -0.481 e. The lowest BCUT2D eigenvalue weighted by Gasteiger charge is -2.42. The number of ketones is 1. The second kappa shape index (κ2) is 10.7. The highest BCUT2D eigenvalue weighted by atomic mass is 17.2. The molecule has 1 heterocycles. The molecule has 0 bridgehead atoms. The van der Waals surface area contributed by atoms with Crippen LogP contribution in [0.5, 0.6) is 0 Å². The molecule has 0 amide bonds. The van der Waals surface area contributed by atoms with E-state index in [4.69, 9.17) is 14.9 Å². The summed E-state index contributed by atoms with van der Waals surface area (Å²) in [5.74, 6) is -0.143. The van der Waals surface area contributed by atoms with Gasteiger partial charge in [-0.25, -0.2) is 9.78 Å². The van der Waals surface area contributed by atoms with Gasteiger partial charge in [-0.3, -0.25) is 9.59 Å². The zero-order valence-corrected chi connectivity index (χ0v) is 16.1. The van der Waals surface area contributed by atoms with E-state index >= 15 is 0 Å². The Kier molecular flexibility index (Phi) is 9.36. The van der Waals surface area contributed by atoms with Crippen molar-refractivity contribution in [2.24, 2.45) is 11.8 Å². The zero-order chi connectivity index (χ0) is 18.9. The average molecular weight is 354 g/mol. The van der Waals surface area contributed by atoms with Gasteiger partial charge in [-0.05, 0) is 63.4 Å². The van der Waals surface area contributed by atoms with Gasteiger partial charge in [0.15, 0.2) is 5.78 Å². The van der Waals surface area contributed by atoms with Crippen molar-refractivity contribution in [1.29, 1.82) is 0 Å². The Labute approximate surface area is 151 Å². The van der Waals surface area contributed by atoms with Crippen molar-refractivity contribution >= 4 is 11.8 Å². The molecule has 1 aliphatic rings. The summed E-state index contributed by atoms with van der Waals surface area (Å²) in [4.78, 5) is 33.3. The maximum atomic E-state index is 11.1. The summed E-state index contributed by atoms with van der Waals surface area (Å²) in [5.41, 5.74) is -0.321. The van der Waals surface area contributed by atoms with E-state index in [-0.39, 0.29) is 29.8 Å². The van der Waals surface area contributed by atoms with Crippen LogP contribution in [0.4, 0.5) is 0 Å². The van der Waals surface area contributed by atoms with E-state index in [1.165, 1.54) is 0 Å². The molecule has 144 valence electrons. The molecule has 25 heavy (non-hydrogen) atoms. The molecule has 0 spiro atoms. The third kappa shape index (κ3) is 7.28. The van der Waals surface area contributed by atoms with Gasteiger partial charge in [-0.2, -0.15) is 0 Å². The molecule has 1 rings (SSSR count). The number of carboxylic acid groups (broad SMARTS) is 1. The molecule has 0 radical (unpaired) electrons. The van der Waals surface area contributed by atoms with Gasteiger partial charge in [0.2, 0.25) is 0 Å². The van der Waals surface area contributed by atoms with Crippen LogP contribution in [0.3, 0.4) is 0 Å². The smallest absolute Gasteiger partial charge is 0.306 e. The predicted molar refractivity (Wildman–Crippen MR) is 97.1 cm³/mol. The topological polar surface area (TPSA) is 72.8 Å². The number of carbonyl (C=O) groups excluding carboxylic acids is 1. The maximum absolute atomic E-state index is 11.1. The van der Waals surface area contributed by atoms with Crippen LogP contribution in [-0.2, 0) is 19.4 Å². The van der Waals surface area contributed by atoms with E-state index < -0.39 is 5.97 Å². The van der Waals surface area contributed by atoms with Crippen molar-refractivity contribution in [1.82, 2.24) is 0 Å². The summed E-state index contributed by atoms with van der Waals surface area (Å²) in [6, 6.07) is 0. The Bertz CT molecular complexity index is 459. The summed E-state index contributed by atoms with van der Waals surface area (Å²) >= 11 is 0. The molecule has 0 aromatic heterocycles. The van der Waals surface area contributed by atoms with Gasteiger partial charge >= 0.3 is 5.97 Å². The molecule has 5 nitrogen and oxygen atoms in total. The number of allylic oxidation sites excluding steroid dienone is 2. The van der Waals surface area contributed by atoms with E-state index in [0.29, 0.717) is 5.92 Å². The van der Waals surface area contributed by atoms with Crippen LogP contribution < -0.4 is 0 Å². The maximum Gasteiger partial charge on any atom is 0.306 e. The van der Waals surface area contributed by atoms with Gasteiger partial charge in [0, 0.05) is 0 Å². The average Bonchev–Trinajstić information content (AvgIpc) is 2.58. The largest absolute Gasteiger partial charge is 0.481 e. The van der Waals surface area contributed by atoms with Crippen LogP contribution in [0.25, 0.3) is 0 Å². The number of carboxylic acids is 1. The number of carbonyl (C=O) groups is 2. The Balaban J connectivity index is 2.59. The van der Waals surface area contributed by atoms with Crippen LogP contribution >= 0.6 is 0 Å². The fourth-order valence-corrected chi connectivity index (χ4v) is 3.58. The Morgan fingerprint density at radius 1 is 1.32 bits per heavy atom. The van der Waals surface area contributed by atoms with E-state index in [9.17, 15) is 9.59 Å². The molecule has 0 aromatic rings. The summed E-state index contributed by atoms with van der Waals surface area (Å²) in [7, 11) is 0. The third-order valence-corrected chi connectivity index (χ3v) is 5.39. The van der Waals surface area contributed by atoms with Gasteiger partial charge in [-0.15, -0.1) is 0 Å². The Morgan fingerprint density at radius 2 is 2.04 bits per heavy atom. The van der Waals surface area contributed by atoms with Crippen molar-refractivity contribution in [2.45, 2.75) is 90.8 Å². The molecule has 1 saturated heterocycles. The number of hydrogen-bond acceptors (Lipinski definition) is 4. The lowest BCUT2D eigenvalue weighted by atomic mass is 9.79. The molecule has 1 unspecified atom stereocenters. The standard InChI is InChI=1S/C20H34O5/c1-5-16(11-10-15(4)21)9-8-12-20(7-3)14-17(6-2)18(24-25-20)13-19(22)23/h10-11,16-18H,5-9,12-14H2,1-4H3,(H,22,23)/b11-10+/t16?,17-,18-,20+/m0/s1. The van der Waals surface area contributed by atoms with Gasteiger partial charge < -0.3 is 5.11 Å². The number of rotatable bonds is 11. The molecule has 1 fully saturated rings. The highest BCUT2D eigenvalue weighted by Gasteiger charge is 2.42. The van der Waals surface area contributed by atoms with E-state index in [1.807, 2.05) is 6.08 Å². The number of aliphatic carboxylic acids is 1. The van der Waals surface area contributed by atoms with Gasteiger partial charge in [0.05, 0.1) is 6.42 Å². The van der Waals surface area contributed by atoms with Gasteiger partial charge in [0.25, 0.3) is 0 Å². The van der Waals surface area contributed by atoms with Crippen LogP contribution in [0.1, 0.15) is 79.1 Å². The quantitative estimate of drug-likeness (QED) is 0.430. The van der Waals surface area contributed by atoms with Crippen LogP contribution in [0.2, 0.25) is 0 Å². The van der Waals surface area contributed by atoms with Gasteiger partial charge in [-0.1, -0.05) is 33.3 Å². The van der Waals surface area contributed by atoms with Crippen LogP contribution in [0, 0.1) is 11.8 Å². The molecular formula is C20H34O5. The fourth-order valence-electron chi connectivity index (χ4n) is 3.58. The molecule has 4 atom stereocenters. The normalized spacial score (nSPS) is 28.2. The van der Waals surface area contributed by atoms with Gasteiger partial charge in [0.1, 0.15) is 11.7 Å².